The molecule has 1 saturated heterocycles. The third kappa shape index (κ3) is 5.86. The van der Waals surface area contributed by atoms with Crippen molar-refractivity contribution in [1.82, 2.24) is 9.80 Å². The number of hydrogen-bond acceptors (Lipinski definition) is 4. The molecule has 6 heteroatoms. The molecule has 4 rings (SSSR count). The Morgan fingerprint density at radius 1 is 1.03 bits per heavy atom. The second-order valence-electron chi connectivity index (χ2n) is 9.99. The van der Waals surface area contributed by atoms with Gasteiger partial charge < -0.3 is 15.5 Å². The van der Waals surface area contributed by atoms with E-state index in [2.05, 4.69) is 50.0 Å². The van der Waals surface area contributed by atoms with Crippen LogP contribution >= 0.6 is 0 Å². The predicted molar refractivity (Wildman–Crippen MR) is 147 cm³/mol. The van der Waals surface area contributed by atoms with E-state index in [1.807, 2.05) is 34.1 Å². The number of nitrogens with zero attached hydrogens (tertiary/aromatic N) is 3. The molecule has 2 aliphatic heterocycles. The lowest BCUT2D eigenvalue weighted by molar-refractivity contribution is -0.127. The number of amides is 2. The molecule has 0 aliphatic carbocycles. The van der Waals surface area contributed by atoms with Crippen LogP contribution in [0.1, 0.15) is 78.9 Å². The van der Waals surface area contributed by atoms with Crippen LogP contribution in [0.4, 0.5) is 5.69 Å². The minimum atomic E-state index is 0.0151. The minimum absolute atomic E-state index is 0.0151. The number of piperidine rings is 1. The summed E-state index contributed by atoms with van der Waals surface area (Å²) in [4.78, 5) is 34.9. The van der Waals surface area contributed by atoms with E-state index in [9.17, 15) is 9.59 Å². The molecule has 2 amide bonds. The van der Waals surface area contributed by atoms with Crippen LogP contribution in [0.2, 0.25) is 0 Å². The van der Waals surface area contributed by atoms with Crippen LogP contribution in [-0.2, 0) is 4.79 Å². The standard InChI is InChI=1S/C30H38N4O2/c1-4-14-33(15-5-2)30(36)26-18-24-10-11-25(19-27(24)32-28(31)20-26)29(35)34-16-12-23(13-17-34)22-8-6-21(3)7-9-22/h6-11,18-19,23H,4-5,12-17,20H2,1-3H3,(H2,31,32). The number of benzene rings is 2. The third-order valence-electron chi connectivity index (χ3n) is 7.12. The number of fused-ring (bicyclic) bond motifs is 1. The monoisotopic (exact) mass is 486 g/mol. The summed E-state index contributed by atoms with van der Waals surface area (Å²) in [5, 5.41) is 0. The van der Waals surface area contributed by atoms with E-state index < -0.39 is 0 Å². The van der Waals surface area contributed by atoms with Crippen molar-refractivity contribution in [2.45, 2.75) is 58.8 Å². The Labute approximate surface area is 214 Å². The van der Waals surface area contributed by atoms with Gasteiger partial charge >= 0.3 is 0 Å². The van der Waals surface area contributed by atoms with Gasteiger partial charge in [0.25, 0.3) is 5.91 Å². The number of nitrogens with two attached hydrogens (primary N) is 1. The van der Waals surface area contributed by atoms with Crippen molar-refractivity contribution in [1.29, 1.82) is 0 Å². The largest absolute Gasteiger partial charge is 0.387 e. The van der Waals surface area contributed by atoms with Crippen LogP contribution in [0.3, 0.4) is 0 Å². The molecule has 0 unspecified atom stereocenters. The van der Waals surface area contributed by atoms with Crippen molar-refractivity contribution in [2.75, 3.05) is 26.2 Å². The van der Waals surface area contributed by atoms with E-state index in [0.717, 1.165) is 57.4 Å². The van der Waals surface area contributed by atoms with Gasteiger partial charge in [0.1, 0.15) is 5.84 Å². The first-order chi connectivity index (χ1) is 17.4. The quantitative estimate of drug-likeness (QED) is 0.566. The number of aryl methyl sites for hydroxylation is 1. The van der Waals surface area contributed by atoms with Gasteiger partial charge in [0.15, 0.2) is 0 Å². The van der Waals surface area contributed by atoms with E-state index in [0.29, 0.717) is 35.0 Å². The summed E-state index contributed by atoms with van der Waals surface area (Å²) >= 11 is 0. The molecule has 0 aromatic heterocycles. The number of hydrogen-bond donors (Lipinski definition) is 1. The highest BCUT2D eigenvalue weighted by Crippen LogP contribution is 2.31. The zero-order chi connectivity index (χ0) is 25.7. The fourth-order valence-electron chi connectivity index (χ4n) is 5.16. The van der Waals surface area contributed by atoms with Gasteiger partial charge in [-0.3, -0.25) is 9.59 Å². The minimum Gasteiger partial charge on any atom is -0.387 e. The summed E-state index contributed by atoms with van der Waals surface area (Å²) in [6.07, 6.45) is 5.95. The van der Waals surface area contributed by atoms with E-state index in [-0.39, 0.29) is 11.8 Å². The topological polar surface area (TPSA) is 79.0 Å². The molecular weight excluding hydrogens is 448 g/mol. The van der Waals surface area contributed by atoms with Crippen molar-refractivity contribution in [2.24, 2.45) is 10.7 Å². The molecule has 36 heavy (non-hydrogen) atoms. The summed E-state index contributed by atoms with van der Waals surface area (Å²) in [5.41, 5.74) is 11.6. The molecule has 0 radical (unpaired) electrons. The van der Waals surface area contributed by atoms with E-state index in [1.165, 1.54) is 11.1 Å². The average Bonchev–Trinajstić information content (AvgIpc) is 3.05. The predicted octanol–water partition coefficient (Wildman–Crippen LogP) is 5.44. The summed E-state index contributed by atoms with van der Waals surface area (Å²) in [6, 6.07) is 14.3. The van der Waals surface area contributed by atoms with Crippen LogP contribution < -0.4 is 5.73 Å². The summed E-state index contributed by atoms with van der Waals surface area (Å²) in [6.45, 7) is 9.18. The molecule has 0 spiro atoms. The van der Waals surface area contributed by atoms with Gasteiger partial charge in [-0.05, 0) is 62.3 Å². The number of aliphatic imine (C=N–C) groups is 1. The smallest absolute Gasteiger partial charge is 0.253 e. The molecule has 2 aliphatic rings. The first kappa shape index (κ1) is 25.7. The number of carbonyl (C=O) groups excluding carboxylic acids is 2. The van der Waals surface area contributed by atoms with Crippen molar-refractivity contribution in [3.63, 3.8) is 0 Å². The first-order valence-corrected chi connectivity index (χ1v) is 13.2. The van der Waals surface area contributed by atoms with Crippen LogP contribution in [0.5, 0.6) is 0 Å². The molecule has 0 saturated carbocycles. The van der Waals surface area contributed by atoms with Crippen LogP contribution in [0, 0.1) is 6.92 Å². The molecule has 1 fully saturated rings. The number of likely N-dealkylation sites (tertiary alicyclic amines) is 1. The average molecular weight is 487 g/mol. The van der Waals surface area contributed by atoms with Gasteiger partial charge in [-0.15, -0.1) is 0 Å². The fourth-order valence-corrected chi connectivity index (χ4v) is 5.16. The van der Waals surface area contributed by atoms with Gasteiger partial charge in [0.05, 0.1) is 5.69 Å². The molecular formula is C30H38N4O2. The highest BCUT2D eigenvalue weighted by Gasteiger charge is 2.26. The highest BCUT2D eigenvalue weighted by atomic mass is 16.2. The highest BCUT2D eigenvalue weighted by molar-refractivity contribution is 6.06. The lowest BCUT2D eigenvalue weighted by atomic mass is 9.89. The Bertz CT molecular complexity index is 1150. The second kappa shape index (κ2) is 11.5. The summed E-state index contributed by atoms with van der Waals surface area (Å²) < 4.78 is 0. The Balaban J connectivity index is 1.49. The van der Waals surface area contributed by atoms with Crippen LogP contribution in [0.15, 0.2) is 53.0 Å². The Kier molecular flexibility index (Phi) is 8.24. The maximum Gasteiger partial charge on any atom is 0.253 e. The van der Waals surface area contributed by atoms with Crippen molar-refractivity contribution in [3.8, 4) is 0 Å². The maximum absolute atomic E-state index is 13.3. The molecule has 6 nitrogen and oxygen atoms in total. The van der Waals surface area contributed by atoms with E-state index in [4.69, 9.17) is 5.73 Å². The lowest BCUT2D eigenvalue weighted by Crippen LogP contribution is -2.37. The Morgan fingerprint density at radius 3 is 2.33 bits per heavy atom. The molecule has 2 N–H and O–H groups in total. The van der Waals surface area contributed by atoms with Gasteiger partial charge in [-0.1, -0.05) is 49.7 Å². The summed E-state index contributed by atoms with van der Waals surface area (Å²) in [5.74, 6) is 0.925. The molecule has 0 bridgehead atoms. The molecule has 2 aromatic rings. The molecule has 0 atom stereocenters. The summed E-state index contributed by atoms with van der Waals surface area (Å²) in [7, 11) is 0. The third-order valence-corrected chi connectivity index (χ3v) is 7.12. The van der Waals surface area contributed by atoms with Crippen molar-refractivity contribution >= 4 is 29.4 Å². The Morgan fingerprint density at radius 2 is 1.69 bits per heavy atom. The van der Waals surface area contributed by atoms with Crippen molar-refractivity contribution < 1.29 is 9.59 Å². The van der Waals surface area contributed by atoms with E-state index >= 15 is 0 Å². The van der Waals surface area contributed by atoms with Gasteiger partial charge in [-0.25, -0.2) is 4.99 Å². The first-order valence-electron chi connectivity index (χ1n) is 13.2. The zero-order valence-corrected chi connectivity index (χ0v) is 21.8. The maximum atomic E-state index is 13.3. The molecule has 190 valence electrons. The second-order valence-corrected chi connectivity index (χ2v) is 9.99. The Hall–Kier alpha value is -3.41. The SMILES string of the molecule is CCCN(CCC)C(=O)C1=Cc2ccc(C(=O)N3CCC(c4ccc(C)cc4)CC3)cc2N=C(N)C1. The molecule has 2 aromatic carbocycles. The zero-order valence-electron chi connectivity index (χ0n) is 21.8. The van der Waals surface area contributed by atoms with Crippen molar-refractivity contribution in [3.05, 3.63) is 70.3 Å². The van der Waals surface area contributed by atoms with Crippen LogP contribution in [0.25, 0.3) is 6.08 Å². The number of rotatable bonds is 7. The van der Waals surface area contributed by atoms with E-state index in [1.54, 1.807) is 0 Å². The lowest BCUT2D eigenvalue weighted by Gasteiger charge is -2.32. The van der Waals surface area contributed by atoms with Gasteiger partial charge in [-0.2, -0.15) is 0 Å². The number of carbonyl (C=O) groups is 2. The van der Waals surface area contributed by atoms with Gasteiger partial charge in [0.2, 0.25) is 5.91 Å². The normalized spacial score (nSPS) is 16.0. The fraction of sp³-hybridized carbons (Fsp3) is 0.433. The molecule has 2 heterocycles. The van der Waals surface area contributed by atoms with Gasteiger partial charge in [0, 0.05) is 49.3 Å². The van der Waals surface area contributed by atoms with Crippen LogP contribution in [-0.4, -0.2) is 53.6 Å². The number of amidine groups is 1.